The van der Waals surface area contributed by atoms with Gasteiger partial charge in [-0.1, -0.05) is 19.1 Å². The van der Waals surface area contributed by atoms with Crippen LogP contribution in [0.2, 0.25) is 0 Å². The molecule has 0 saturated heterocycles. The molecular formula is C11H16N2O. The number of hydrogen-bond acceptors (Lipinski definition) is 2. The Morgan fingerprint density at radius 3 is 2.93 bits per heavy atom. The summed E-state index contributed by atoms with van der Waals surface area (Å²) in [6.45, 7) is 2.16. The zero-order valence-corrected chi connectivity index (χ0v) is 8.64. The molecule has 0 saturated carbocycles. The monoisotopic (exact) mass is 192 g/mol. The topological polar surface area (TPSA) is 38.0 Å². The summed E-state index contributed by atoms with van der Waals surface area (Å²) in [7, 11) is 1.91. The van der Waals surface area contributed by atoms with E-state index in [1.54, 1.807) is 6.33 Å². The van der Waals surface area contributed by atoms with Crippen molar-refractivity contribution in [2.45, 2.75) is 25.4 Å². The van der Waals surface area contributed by atoms with E-state index in [4.69, 9.17) is 0 Å². The van der Waals surface area contributed by atoms with Gasteiger partial charge in [-0.3, -0.25) is 0 Å². The molecule has 0 bridgehead atoms. The van der Waals surface area contributed by atoms with E-state index in [2.05, 4.69) is 18.0 Å². The first-order chi connectivity index (χ1) is 6.60. The molecule has 1 heterocycles. The molecule has 0 amide bonds. The molecule has 1 N–H and O–H groups in total. The van der Waals surface area contributed by atoms with E-state index in [-0.39, 0.29) is 0 Å². The Balaban J connectivity index is 2.29. The van der Waals surface area contributed by atoms with Crippen LogP contribution in [-0.2, 0) is 12.6 Å². The minimum Gasteiger partial charge on any atom is -0.379 e. The summed E-state index contributed by atoms with van der Waals surface area (Å²) in [6.07, 6.45) is 9.33. The van der Waals surface area contributed by atoms with Crippen molar-refractivity contribution in [3.8, 4) is 0 Å². The van der Waals surface area contributed by atoms with Gasteiger partial charge in [-0.25, -0.2) is 4.98 Å². The van der Waals surface area contributed by atoms with Crippen LogP contribution in [0.3, 0.4) is 0 Å². The lowest BCUT2D eigenvalue weighted by Crippen LogP contribution is -2.27. The fourth-order valence-corrected chi connectivity index (χ4v) is 1.80. The quantitative estimate of drug-likeness (QED) is 0.686. The Labute approximate surface area is 84.1 Å². The van der Waals surface area contributed by atoms with E-state index in [1.807, 2.05) is 23.9 Å². The van der Waals surface area contributed by atoms with E-state index < -0.39 is 5.60 Å². The number of hydrogen-bond donors (Lipinski definition) is 1. The Kier molecular flexibility index (Phi) is 2.19. The summed E-state index contributed by atoms with van der Waals surface area (Å²) < 4.78 is 1.86. The number of imidazole rings is 1. The van der Waals surface area contributed by atoms with Gasteiger partial charge in [0, 0.05) is 13.2 Å². The molecule has 1 aromatic heterocycles. The molecule has 2 unspecified atom stereocenters. The third kappa shape index (κ3) is 1.60. The minimum atomic E-state index is -0.840. The summed E-state index contributed by atoms with van der Waals surface area (Å²) in [5.74, 6) is 0.569. The molecule has 0 radical (unpaired) electrons. The highest BCUT2D eigenvalue weighted by Gasteiger charge is 2.31. The zero-order chi connectivity index (χ0) is 10.2. The van der Waals surface area contributed by atoms with Gasteiger partial charge in [0.2, 0.25) is 0 Å². The second-order valence-electron chi connectivity index (χ2n) is 4.22. The van der Waals surface area contributed by atoms with Crippen molar-refractivity contribution in [1.82, 2.24) is 9.55 Å². The van der Waals surface area contributed by atoms with Crippen molar-refractivity contribution in [1.29, 1.82) is 0 Å². The largest absolute Gasteiger partial charge is 0.379 e. The van der Waals surface area contributed by atoms with Crippen molar-refractivity contribution >= 4 is 0 Å². The lowest BCUT2D eigenvalue weighted by atomic mass is 9.84. The molecule has 14 heavy (non-hydrogen) atoms. The summed E-state index contributed by atoms with van der Waals surface area (Å²) >= 11 is 0. The maximum atomic E-state index is 10.3. The van der Waals surface area contributed by atoms with Crippen LogP contribution < -0.4 is 0 Å². The zero-order valence-electron chi connectivity index (χ0n) is 8.64. The molecule has 0 aliphatic heterocycles. The fourth-order valence-electron chi connectivity index (χ4n) is 1.80. The molecular weight excluding hydrogens is 176 g/mol. The van der Waals surface area contributed by atoms with Crippen molar-refractivity contribution in [3.05, 3.63) is 30.4 Å². The first kappa shape index (κ1) is 9.46. The van der Waals surface area contributed by atoms with E-state index in [9.17, 15) is 5.11 Å². The summed E-state index contributed by atoms with van der Waals surface area (Å²) in [6, 6.07) is 0. The molecule has 76 valence electrons. The molecule has 2 rings (SSSR count). The summed E-state index contributed by atoms with van der Waals surface area (Å²) in [5, 5.41) is 10.3. The summed E-state index contributed by atoms with van der Waals surface area (Å²) in [5.41, 5.74) is -0.0866. The SMILES string of the molecule is CC1C=CC(O)(c2cn(C)cn2)CC1. The molecule has 1 aliphatic carbocycles. The average molecular weight is 192 g/mol. The van der Waals surface area contributed by atoms with Crippen LogP contribution >= 0.6 is 0 Å². The number of aromatic nitrogens is 2. The van der Waals surface area contributed by atoms with Gasteiger partial charge in [0.1, 0.15) is 5.60 Å². The normalized spacial score (nSPS) is 32.1. The number of nitrogens with zero attached hydrogens (tertiary/aromatic N) is 2. The van der Waals surface area contributed by atoms with Gasteiger partial charge in [0.05, 0.1) is 12.0 Å². The summed E-state index contributed by atoms with van der Waals surface area (Å²) in [4.78, 5) is 4.20. The third-order valence-corrected chi connectivity index (χ3v) is 2.83. The van der Waals surface area contributed by atoms with Crippen LogP contribution in [0.4, 0.5) is 0 Å². The lowest BCUT2D eigenvalue weighted by molar-refractivity contribution is 0.0633. The van der Waals surface area contributed by atoms with Gasteiger partial charge >= 0.3 is 0 Å². The molecule has 3 nitrogen and oxygen atoms in total. The van der Waals surface area contributed by atoms with Crippen LogP contribution in [0.1, 0.15) is 25.5 Å². The third-order valence-electron chi connectivity index (χ3n) is 2.83. The van der Waals surface area contributed by atoms with Gasteiger partial charge in [-0.2, -0.15) is 0 Å². The first-order valence-electron chi connectivity index (χ1n) is 5.00. The number of allylic oxidation sites excluding steroid dienone is 1. The Hall–Kier alpha value is -1.09. The maximum Gasteiger partial charge on any atom is 0.126 e. The lowest BCUT2D eigenvalue weighted by Gasteiger charge is -2.28. The van der Waals surface area contributed by atoms with Gasteiger partial charge < -0.3 is 9.67 Å². The highest BCUT2D eigenvalue weighted by atomic mass is 16.3. The fraction of sp³-hybridized carbons (Fsp3) is 0.545. The van der Waals surface area contributed by atoms with Gasteiger partial charge in [0.15, 0.2) is 0 Å². The Morgan fingerprint density at radius 2 is 2.43 bits per heavy atom. The van der Waals surface area contributed by atoms with E-state index >= 15 is 0 Å². The second-order valence-corrected chi connectivity index (χ2v) is 4.22. The molecule has 0 aromatic carbocycles. The van der Waals surface area contributed by atoms with Gasteiger partial charge in [-0.05, 0) is 18.8 Å². The predicted molar refractivity (Wildman–Crippen MR) is 54.6 cm³/mol. The smallest absolute Gasteiger partial charge is 0.126 e. The van der Waals surface area contributed by atoms with Crippen molar-refractivity contribution in [2.24, 2.45) is 13.0 Å². The van der Waals surface area contributed by atoms with Crippen LogP contribution in [0.15, 0.2) is 24.7 Å². The van der Waals surface area contributed by atoms with Crippen LogP contribution in [0, 0.1) is 5.92 Å². The molecule has 1 aromatic rings. The number of aryl methyl sites for hydroxylation is 1. The minimum absolute atomic E-state index is 0.569. The molecule has 3 heteroatoms. The first-order valence-corrected chi connectivity index (χ1v) is 5.00. The second kappa shape index (κ2) is 3.24. The molecule has 2 atom stereocenters. The van der Waals surface area contributed by atoms with Crippen LogP contribution in [0.5, 0.6) is 0 Å². The van der Waals surface area contributed by atoms with Crippen molar-refractivity contribution < 1.29 is 5.11 Å². The van der Waals surface area contributed by atoms with E-state index in [0.717, 1.165) is 18.5 Å². The van der Waals surface area contributed by atoms with Crippen LogP contribution in [0.25, 0.3) is 0 Å². The van der Waals surface area contributed by atoms with Crippen molar-refractivity contribution in [2.75, 3.05) is 0 Å². The van der Waals surface area contributed by atoms with E-state index in [1.165, 1.54) is 0 Å². The highest BCUT2D eigenvalue weighted by Crippen LogP contribution is 2.33. The average Bonchev–Trinajstić information content (AvgIpc) is 2.58. The standard InChI is InChI=1S/C11H16N2O/c1-9-3-5-11(14,6-4-9)10-7-13(2)8-12-10/h3,5,7-9,14H,4,6H2,1-2H3. The maximum absolute atomic E-state index is 10.3. The highest BCUT2D eigenvalue weighted by molar-refractivity contribution is 5.20. The number of aliphatic hydroxyl groups is 1. The Bertz CT molecular complexity index is 356. The van der Waals surface area contributed by atoms with Crippen LogP contribution in [-0.4, -0.2) is 14.7 Å². The predicted octanol–water partition coefficient (Wildman–Crippen LogP) is 1.59. The molecule has 1 aliphatic rings. The van der Waals surface area contributed by atoms with E-state index in [0.29, 0.717) is 5.92 Å². The van der Waals surface area contributed by atoms with Gasteiger partial charge in [-0.15, -0.1) is 0 Å². The Morgan fingerprint density at radius 1 is 1.64 bits per heavy atom. The molecule has 0 spiro atoms. The molecule has 0 fully saturated rings. The van der Waals surface area contributed by atoms with Gasteiger partial charge in [0.25, 0.3) is 0 Å². The van der Waals surface area contributed by atoms with Crippen molar-refractivity contribution in [3.63, 3.8) is 0 Å². The number of rotatable bonds is 1.